The van der Waals surface area contributed by atoms with Crippen molar-refractivity contribution >= 4 is 23.7 Å². The average Bonchev–Trinajstić information content (AvgIpc) is 3.78. The summed E-state index contributed by atoms with van der Waals surface area (Å²) in [5.41, 5.74) is -0.552. The highest BCUT2D eigenvalue weighted by Crippen LogP contribution is 2.59. The summed E-state index contributed by atoms with van der Waals surface area (Å²) in [5.74, 6) is -3.23. The Morgan fingerprint density at radius 1 is 1.14 bits per heavy atom. The van der Waals surface area contributed by atoms with Crippen LogP contribution in [0.5, 0.6) is 0 Å². The monoisotopic (exact) mass is 708 g/mol. The van der Waals surface area contributed by atoms with Crippen LogP contribution in [0.25, 0.3) is 0 Å². The molecule has 0 saturated carbocycles. The van der Waals surface area contributed by atoms with Gasteiger partial charge in [0.1, 0.15) is 17.7 Å². The molecule has 4 aliphatic rings. The van der Waals surface area contributed by atoms with E-state index in [2.05, 4.69) is 23.4 Å². The lowest BCUT2D eigenvalue weighted by Gasteiger charge is -2.40. The van der Waals surface area contributed by atoms with Crippen LogP contribution in [-0.4, -0.2) is 126 Å². The number of aliphatic hydroxyl groups excluding tert-OH is 1. The standard InChI is InChI=1S/C39H56N4O8/c1-6-8-14-31(45)40-27(5)34(28-12-10-9-11-13-28)50-38(48)32-30-15-16-39(51-30)33(32)36(46)43(29(25-44)24-26(3)4)35(39)37(47)42(17-7-2)19-18-41-20-22-49-23-21-41/h6-7,9-13,26-27,29-30,32-35,44H,1-2,8,14-25H2,3-5H3,(H,40,45)/t27-,29-,30-,32+,33+,34-,35-,39+/m1/s1. The summed E-state index contributed by atoms with van der Waals surface area (Å²) in [6, 6.07) is 6.97. The van der Waals surface area contributed by atoms with E-state index in [-0.39, 0.29) is 43.2 Å². The van der Waals surface area contributed by atoms with Crippen LogP contribution in [0.2, 0.25) is 0 Å². The highest BCUT2D eigenvalue weighted by molar-refractivity contribution is 5.98. The van der Waals surface area contributed by atoms with Crippen LogP contribution in [-0.2, 0) is 33.4 Å². The van der Waals surface area contributed by atoms with Gasteiger partial charge in [-0.25, -0.2) is 0 Å². The van der Waals surface area contributed by atoms with E-state index in [1.165, 1.54) is 4.90 Å². The fraction of sp³-hybridized carbons (Fsp3) is 0.641. The van der Waals surface area contributed by atoms with Crippen molar-refractivity contribution in [2.24, 2.45) is 17.8 Å². The van der Waals surface area contributed by atoms with Crippen LogP contribution < -0.4 is 5.32 Å². The van der Waals surface area contributed by atoms with Gasteiger partial charge < -0.3 is 34.4 Å². The molecule has 12 nitrogen and oxygen atoms in total. The van der Waals surface area contributed by atoms with Crippen LogP contribution in [0.4, 0.5) is 0 Å². The number of likely N-dealkylation sites (tertiary alicyclic amines) is 1. The molecule has 3 amide bonds. The minimum absolute atomic E-state index is 0.127. The summed E-state index contributed by atoms with van der Waals surface area (Å²) in [4.78, 5) is 62.2. The third-order valence-electron chi connectivity index (χ3n) is 10.8. The second kappa shape index (κ2) is 17.3. The minimum atomic E-state index is -1.25. The van der Waals surface area contributed by atoms with Crippen molar-refractivity contribution in [1.29, 1.82) is 0 Å². The zero-order valence-corrected chi connectivity index (χ0v) is 30.4. The number of carbonyl (C=O) groups is 4. The maximum absolute atomic E-state index is 14.8. The van der Waals surface area contributed by atoms with E-state index in [1.807, 2.05) is 44.2 Å². The van der Waals surface area contributed by atoms with Crippen molar-refractivity contribution in [1.82, 2.24) is 20.0 Å². The first-order valence-corrected chi connectivity index (χ1v) is 18.5. The average molecular weight is 709 g/mol. The van der Waals surface area contributed by atoms with E-state index in [0.29, 0.717) is 57.6 Å². The van der Waals surface area contributed by atoms with Crippen molar-refractivity contribution in [3.63, 3.8) is 0 Å². The first-order chi connectivity index (χ1) is 24.6. The quantitative estimate of drug-likeness (QED) is 0.174. The number of benzene rings is 1. The van der Waals surface area contributed by atoms with Gasteiger partial charge in [-0.2, -0.15) is 0 Å². The smallest absolute Gasteiger partial charge is 0.313 e. The van der Waals surface area contributed by atoms with Gasteiger partial charge in [0.15, 0.2) is 0 Å². The normalized spacial score (nSPS) is 27.5. The largest absolute Gasteiger partial charge is 0.455 e. The molecule has 1 spiro atoms. The molecule has 0 aromatic heterocycles. The van der Waals surface area contributed by atoms with E-state index in [4.69, 9.17) is 14.2 Å². The van der Waals surface area contributed by atoms with Gasteiger partial charge in [-0.1, -0.05) is 56.3 Å². The van der Waals surface area contributed by atoms with Crippen LogP contribution in [0.3, 0.4) is 0 Å². The van der Waals surface area contributed by atoms with E-state index in [0.717, 1.165) is 13.1 Å². The zero-order valence-electron chi connectivity index (χ0n) is 30.4. The number of aliphatic hydroxyl groups is 1. The van der Waals surface area contributed by atoms with Crippen molar-refractivity contribution in [2.45, 2.75) is 88.8 Å². The van der Waals surface area contributed by atoms with E-state index < -0.39 is 53.7 Å². The predicted octanol–water partition coefficient (Wildman–Crippen LogP) is 2.87. The van der Waals surface area contributed by atoms with Gasteiger partial charge in [-0.3, -0.25) is 24.1 Å². The molecule has 0 radical (unpaired) electrons. The first-order valence-electron chi connectivity index (χ1n) is 18.5. The number of nitrogens with one attached hydrogen (secondary N) is 1. The van der Waals surface area contributed by atoms with Crippen LogP contribution in [0.1, 0.15) is 64.5 Å². The number of carbonyl (C=O) groups excluding carboxylic acids is 4. The van der Waals surface area contributed by atoms with Gasteiger partial charge in [0, 0.05) is 39.1 Å². The molecule has 8 atom stereocenters. The fourth-order valence-corrected chi connectivity index (χ4v) is 8.50. The molecule has 5 rings (SSSR count). The molecule has 1 aromatic carbocycles. The maximum Gasteiger partial charge on any atom is 0.313 e. The molecule has 51 heavy (non-hydrogen) atoms. The maximum atomic E-state index is 14.8. The minimum Gasteiger partial charge on any atom is -0.455 e. The number of nitrogens with zero attached hydrogens (tertiary/aromatic N) is 3. The number of esters is 1. The molecule has 2 N–H and O–H groups in total. The molecule has 0 unspecified atom stereocenters. The van der Waals surface area contributed by atoms with Crippen LogP contribution in [0.15, 0.2) is 55.6 Å². The molecule has 4 saturated heterocycles. The topological polar surface area (TPSA) is 138 Å². The zero-order chi connectivity index (χ0) is 36.7. The van der Waals surface area contributed by atoms with E-state index >= 15 is 0 Å². The first kappa shape index (κ1) is 38.6. The van der Waals surface area contributed by atoms with Crippen molar-refractivity contribution in [3.05, 3.63) is 61.2 Å². The molecular formula is C39H56N4O8. The van der Waals surface area contributed by atoms with Crippen molar-refractivity contribution in [2.75, 3.05) is 52.5 Å². The Hall–Kier alpha value is -3.58. The number of amides is 3. The lowest BCUT2D eigenvalue weighted by molar-refractivity contribution is -0.162. The highest BCUT2D eigenvalue weighted by atomic mass is 16.6. The highest BCUT2D eigenvalue weighted by Gasteiger charge is 2.75. The van der Waals surface area contributed by atoms with E-state index in [1.54, 1.807) is 24.0 Å². The van der Waals surface area contributed by atoms with Crippen molar-refractivity contribution < 1.29 is 38.5 Å². The fourth-order valence-electron chi connectivity index (χ4n) is 8.50. The number of ether oxygens (including phenoxy) is 3. The predicted molar refractivity (Wildman–Crippen MR) is 191 cm³/mol. The third-order valence-corrected chi connectivity index (χ3v) is 10.8. The summed E-state index contributed by atoms with van der Waals surface area (Å²) >= 11 is 0. The summed E-state index contributed by atoms with van der Waals surface area (Å²) < 4.78 is 18.5. The van der Waals surface area contributed by atoms with Gasteiger partial charge in [0.2, 0.25) is 17.7 Å². The second-order valence-corrected chi connectivity index (χ2v) is 14.7. The van der Waals surface area contributed by atoms with Gasteiger partial charge in [-0.05, 0) is 44.1 Å². The van der Waals surface area contributed by atoms with Gasteiger partial charge in [0.05, 0.1) is 49.8 Å². The molecule has 280 valence electrons. The van der Waals surface area contributed by atoms with Crippen LogP contribution >= 0.6 is 0 Å². The lowest BCUT2D eigenvalue weighted by Crippen LogP contribution is -2.59. The Labute approximate surface area is 302 Å². The van der Waals surface area contributed by atoms with Gasteiger partial charge >= 0.3 is 5.97 Å². The lowest BCUT2D eigenvalue weighted by atomic mass is 9.70. The van der Waals surface area contributed by atoms with Gasteiger partial charge in [0.25, 0.3) is 0 Å². The SMILES string of the molecule is C=CCCC(=O)N[C@H](C)[C@@H](OC(=O)[C@@H]1[C@H]2C(=O)N([C@@H](CO)CC(C)C)[C@H](C(=O)N(CC=C)CCN3CCOCC3)[C@]23CC[C@H]1O3)c1ccccc1. The molecule has 4 heterocycles. The summed E-state index contributed by atoms with van der Waals surface area (Å²) in [7, 11) is 0. The number of morpholine rings is 1. The van der Waals surface area contributed by atoms with Gasteiger partial charge in [-0.15, -0.1) is 13.2 Å². The van der Waals surface area contributed by atoms with E-state index in [9.17, 15) is 24.3 Å². The number of rotatable bonds is 18. The summed E-state index contributed by atoms with van der Waals surface area (Å²) in [6.45, 7) is 17.2. The molecule has 1 aromatic rings. The number of allylic oxidation sites excluding steroid dienone is 1. The molecule has 4 fully saturated rings. The molecule has 0 aliphatic carbocycles. The Morgan fingerprint density at radius 2 is 1.86 bits per heavy atom. The Morgan fingerprint density at radius 3 is 2.51 bits per heavy atom. The molecule has 2 bridgehead atoms. The van der Waals surface area contributed by atoms with Crippen LogP contribution in [0, 0.1) is 17.8 Å². The summed E-state index contributed by atoms with van der Waals surface area (Å²) in [5, 5.41) is 13.6. The molecule has 4 aliphatic heterocycles. The molecule has 12 heteroatoms. The number of fused-ring (bicyclic) bond motifs is 1. The Kier molecular flexibility index (Phi) is 13.1. The summed E-state index contributed by atoms with van der Waals surface area (Å²) in [6.07, 6.45) is 4.05. The number of hydrogen-bond donors (Lipinski definition) is 2. The Bertz CT molecular complexity index is 1400. The van der Waals surface area contributed by atoms with Crippen molar-refractivity contribution in [3.8, 4) is 0 Å². The third kappa shape index (κ3) is 8.24. The second-order valence-electron chi connectivity index (χ2n) is 14.7. The molecular weight excluding hydrogens is 652 g/mol. The number of hydrogen-bond acceptors (Lipinski definition) is 9. The Balaban J connectivity index is 1.46.